The fourth-order valence-electron chi connectivity index (χ4n) is 1.78. The molecule has 2 aromatic rings. The number of amides is 1. The summed E-state index contributed by atoms with van der Waals surface area (Å²) in [4.78, 5) is 15.9. The fourth-order valence-corrected chi connectivity index (χ4v) is 1.78. The van der Waals surface area contributed by atoms with E-state index in [9.17, 15) is 9.18 Å². The van der Waals surface area contributed by atoms with E-state index < -0.39 is 11.7 Å². The zero-order chi connectivity index (χ0) is 14.4. The van der Waals surface area contributed by atoms with E-state index in [2.05, 4.69) is 15.6 Å². The number of aromatic nitrogens is 1. The van der Waals surface area contributed by atoms with E-state index in [1.54, 1.807) is 0 Å². The number of nitrogens with one attached hydrogen (secondary N) is 2. The number of rotatable bonds is 5. The molecule has 0 bridgehead atoms. The van der Waals surface area contributed by atoms with E-state index in [1.807, 2.05) is 37.3 Å². The SMILES string of the molecule is CCNc1nccc(C(=O)NCc2ccccc2)c1F. The molecule has 5 heteroatoms. The van der Waals surface area contributed by atoms with Gasteiger partial charge in [0.2, 0.25) is 0 Å². The van der Waals surface area contributed by atoms with E-state index in [-0.39, 0.29) is 11.4 Å². The summed E-state index contributed by atoms with van der Waals surface area (Å²) < 4.78 is 14.0. The lowest BCUT2D eigenvalue weighted by atomic mass is 10.2. The van der Waals surface area contributed by atoms with Gasteiger partial charge in [-0.2, -0.15) is 0 Å². The molecule has 0 saturated carbocycles. The largest absolute Gasteiger partial charge is 0.368 e. The first-order chi connectivity index (χ1) is 9.72. The number of carbonyl (C=O) groups excluding carboxylic acids is 1. The molecule has 0 aliphatic heterocycles. The van der Waals surface area contributed by atoms with Crippen LogP contribution in [0.5, 0.6) is 0 Å². The third-order valence-electron chi connectivity index (χ3n) is 2.77. The Morgan fingerprint density at radius 2 is 2.00 bits per heavy atom. The molecule has 0 aliphatic rings. The molecule has 2 rings (SSSR count). The number of benzene rings is 1. The maximum Gasteiger partial charge on any atom is 0.254 e. The van der Waals surface area contributed by atoms with Crippen LogP contribution in [0.1, 0.15) is 22.8 Å². The molecule has 1 amide bonds. The molecule has 0 saturated heterocycles. The third kappa shape index (κ3) is 3.32. The summed E-state index contributed by atoms with van der Waals surface area (Å²) >= 11 is 0. The number of halogens is 1. The Morgan fingerprint density at radius 3 is 2.70 bits per heavy atom. The summed E-state index contributed by atoms with van der Waals surface area (Å²) in [5, 5.41) is 5.47. The van der Waals surface area contributed by atoms with Gasteiger partial charge >= 0.3 is 0 Å². The van der Waals surface area contributed by atoms with Crippen LogP contribution >= 0.6 is 0 Å². The molecular weight excluding hydrogens is 257 g/mol. The summed E-state index contributed by atoms with van der Waals surface area (Å²) in [5.74, 6) is -0.979. The van der Waals surface area contributed by atoms with Crippen LogP contribution in [0.3, 0.4) is 0 Å². The van der Waals surface area contributed by atoms with Gasteiger partial charge in [-0.1, -0.05) is 30.3 Å². The molecule has 0 atom stereocenters. The Kier molecular flexibility index (Phi) is 4.65. The Bertz CT molecular complexity index is 587. The normalized spacial score (nSPS) is 10.1. The second kappa shape index (κ2) is 6.65. The lowest BCUT2D eigenvalue weighted by molar-refractivity contribution is 0.0947. The minimum absolute atomic E-state index is 0.00752. The van der Waals surface area contributed by atoms with Crippen molar-refractivity contribution >= 4 is 11.7 Å². The van der Waals surface area contributed by atoms with Crippen LogP contribution in [0.15, 0.2) is 42.6 Å². The van der Waals surface area contributed by atoms with Gasteiger partial charge in [0.25, 0.3) is 5.91 Å². The molecule has 4 nitrogen and oxygen atoms in total. The molecule has 20 heavy (non-hydrogen) atoms. The van der Waals surface area contributed by atoms with Gasteiger partial charge in [0, 0.05) is 19.3 Å². The summed E-state index contributed by atoms with van der Waals surface area (Å²) in [5.41, 5.74) is 0.953. The van der Waals surface area contributed by atoms with Crippen LogP contribution < -0.4 is 10.6 Å². The predicted octanol–water partition coefficient (Wildman–Crippen LogP) is 2.58. The van der Waals surface area contributed by atoms with Gasteiger partial charge in [-0.25, -0.2) is 9.37 Å². The molecular formula is C15H16FN3O. The number of anilines is 1. The molecule has 0 unspecified atom stereocenters. The lowest BCUT2D eigenvalue weighted by Gasteiger charge is -2.09. The summed E-state index contributed by atoms with van der Waals surface area (Å²) in [6, 6.07) is 10.8. The minimum Gasteiger partial charge on any atom is -0.368 e. The van der Waals surface area contributed by atoms with Gasteiger partial charge in [-0.05, 0) is 18.6 Å². The molecule has 104 valence electrons. The van der Waals surface area contributed by atoms with Gasteiger partial charge in [-0.3, -0.25) is 4.79 Å². The van der Waals surface area contributed by atoms with Gasteiger partial charge < -0.3 is 10.6 Å². The molecule has 0 spiro atoms. The van der Waals surface area contributed by atoms with Crippen LogP contribution in [-0.2, 0) is 6.54 Å². The zero-order valence-corrected chi connectivity index (χ0v) is 11.2. The second-order valence-corrected chi connectivity index (χ2v) is 4.22. The Labute approximate surface area is 117 Å². The maximum atomic E-state index is 14.0. The van der Waals surface area contributed by atoms with E-state index in [4.69, 9.17) is 0 Å². The standard InChI is InChI=1S/C15H16FN3O/c1-2-17-14-13(16)12(8-9-18-14)15(20)19-10-11-6-4-3-5-7-11/h3-9H,2,10H2,1H3,(H,17,18)(H,19,20). The van der Waals surface area contributed by atoms with Crippen LogP contribution in [-0.4, -0.2) is 17.4 Å². The number of carbonyl (C=O) groups is 1. The Hall–Kier alpha value is -2.43. The summed E-state index contributed by atoms with van der Waals surface area (Å²) in [6.45, 7) is 2.74. The number of pyridine rings is 1. The predicted molar refractivity (Wildman–Crippen MR) is 76.0 cm³/mol. The van der Waals surface area contributed by atoms with Gasteiger partial charge in [-0.15, -0.1) is 0 Å². The Morgan fingerprint density at radius 1 is 1.25 bits per heavy atom. The highest BCUT2D eigenvalue weighted by molar-refractivity contribution is 5.95. The Balaban J connectivity index is 2.08. The highest BCUT2D eigenvalue weighted by Gasteiger charge is 2.15. The van der Waals surface area contributed by atoms with Crippen LogP contribution in [0.25, 0.3) is 0 Å². The smallest absolute Gasteiger partial charge is 0.254 e. The maximum absolute atomic E-state index is 14.0. The molecule has 0 fully saturated rings. The number of hydrogen-bond acceptors (Lipinski definition) is 3. The van der Waals surface area contributed by atoms with Crippen LogP contribution in [0.2, 0.25) is 0 Å². The third-order valence-corrected chi connectivity index (χ3v) is 2.77. The molecule has 2 N–H and O–H groups in total. The molecule has 0 aliphatic carbocycles. The monoisotopic (exact) mass is 273 g/mol. The highest BCUT2D eigenvalue weighted by atomic mass is 19.1. The van der Waals surface area contributed by atoms with Crippen molar-refractivity contribution in [3.8, 4) is 0 Å². The van der Waals surface area contributed by atoms with E-state index in [1.165, 1.54) is 12.3 Å². The molecule has 1 aromatic carbocycles. The lowest BCUT2D eigenvalue weighted by Crippen LogP contribution is -2.24. The van der Waals surface area contributed by atoms with E-state index >= 15 is 0 Å². The van der Waals surface area contributed by atoms with Crippen molar-refractivity contribution in [2.24, 2.45) is 0 Å². The first-order valence-corrected chi connectivity index (χ1v) is 6.43. The van der Waals surface area contributed by atoms with Gasteiger partial charge in [0.05, 0.1) is 5.56 Å². The van der Waals surface area contributed by atoms with Gasteiger partial charge in [0.15, 0.2) is 11.6 Å². The van der Waals surface area contributed by atoms with Crippen molar-refractivity contribution in [3.05, 3.63) is 59.5 Å². The van der Waals surface area contributed by atoms with Crippen molar-refractivity contribution in [2.75, 3.05) is 11.9 Å². The average molecular weight is 273 g/mol. The summed E-state index contributed by atoms with van der Waals surface area (Å²) in [6.07, 6.45) is 1.42. The summed E-state index contributed by atoms with van der Waals surface area (Å²) in [7, 11) is 0. The van der Waals surface area contributed by atoms with Gasteiger partial charge in [0.1, 0.15) is 0 Å². The zero-order valence-electron chi connectivity index (χ0n) is 11.2. The second-order valence-electron chi connectivity index (χ2n) is 4.22. The molecule has 0 radical (unpaired) electrons. The van der Waals surface area contributed by atoms with Crippen molar-refractivity contribution in [3.63, 3.8) is 0 Å². The van der Waals surface area contributed by atoms with Crippen molar-refractivity contribution in [1.29, 1.82) is 0 Å². The quantitative estimate of drug-likeness (QED) is 0.880. The minimum atomic E-state index is -0.625. The van der Waals surface area contributed by atoms with Crippen LogP contribution in [0.4, 0.5) is 10.2 Å². The first kappa shape index (κ1) is 14.0. The fraction of sp³-hybridized carbons (Fsp3) is 0.200. The van der Waals surface area contributed by atoms with Crippen molar-refractivity contribution < 1.29 is 9.18 Å². The molecule has 1 heterocycles. The number of nitrogens with zero attached hydrogens (tertiary/aromatic N) is 1. The highest BCUT2D eigenvalue weighted by Crippen LogP contribution is 2.14. The average Bonchev–Trinajstić information content (AvgIpc) is 2.48. The topological polar surface area (TPSA) is 54.0 Å². The van der Waals surface area contributed by atoms with Crippen molar-refractivity contribution in [2.45, 2.75) is 13.5 Å². The first-order valence-electron chi connectivity index (χ1n) is 6.43. The van der Waals surface area contributed by atoms with E-state index in [0.29, 0.717) is 13.1 Å². The number of hydrogen-bond donors (Lipinski definition) is 2. The van der Waals surface area contributed by atoms with E-state index in [0.717, 1.165) is 5.56 Å². The van der Waals surface area contributed by atoms with Crippen LogP contribution in [0, 0.1) is 5.82 Å². The van der Waals surface area contributed by atoms with Crippen molar-refractivity contribution in [1.82, 2.24) is 10.3 Å². The molecule has 1 aromatic heterocycles.